The summed E-state index contributed by atoms with van der Waals surface area (Å²) in [5, 5.41) is 6.13. The van der Waals surface area contributed by atoms with Gasteiger partial charge in [0.1, 0.15) is 0 Å². The number of amides is 1. The van der Waals surface area contributed by atoms with Gasteiger partial charge in [-0.15, -0.1) is 0 Å². The first kappa shape index (κ1) is 18.6. The van der Waals surface area contributed by atoms with Gasteiger partial charge in [0.15, 0.2) is 11.5 Å². The fourth-order valence-corrected chi connectivity index (χ4v) is 2.44. The van der Waals surface area contributed by atoms with Crippen LogP contribution in [-0.2, 0) is 4.79 Å². The molecular weight excluding hydrogens is 316 g/mol. The number of nitrogens with one attached hydrogen (secondary N) is 2. The first-order valence-corrected chi connectivity index (χ1v) is 8.39. The van der Waals surface area contributed by atoms with Gasteiger partial charge < -0.3 is 20.1 Å². The van der Waals surface area contributed by atoms with Gasteiger partial charge in [0, 0.05) is 30.4 Å². The molecular formula is C20H26N2O3. The van der Waals surface area contributed by atoms with Crippen molar-refractivity contribution in [1.29, 1.82) is 0 Å². The van der Waals surface area contributed by atoms with Crippen molar-refractivity contribution in [2.75, 3.05) is 31.4 Å². The van der Waals surface area contributed by atoms with Crippen LogP contribution in [-0.4, -0.2) is 26.7 Å². The van der Waals surface area contributed by atoms with E-state index in [1.807, 2.05) is 12.1 Å². The molecule has 0 spiro atoms. The highest BCUT2D eigenvalue weighted by molar-refractivity contribution is 5.91. The molecule has 0 unspecified atom stereocenters. The molecule has 0 saturated heterocycles. The molecule has 0 aliphatic heterocycles. The molecule has 2 aromatic rings. The number of methoxy groups -OCH3 is 2. The lowest BCUT2D eigenvalue weighted by Gasteiger charge is -2.11. The van der Waals surface area contributed by atoms with Crippen LogP contribution in [0.25, 0.3) is 0 Å². The topological polar surface area (TPSA) is 59.6 Å². The van der Waals surface area contributed by atoms with Gasteiger partial charge in [-0.1, -0.05) is 26.0 Å². The molecule has 0 radical (unpaired) electrons. The summed E-state index contributed by atoms with van der Waals surface area (Å²) in [5.74, 6) is 1.68. The fourth-order valence-electron chi connectivity index (χ4n) is 2.44. The van der Waals surface area contributed by atoms with Crippen molar-refractivity contribution in [2.24, 2.45) is 0 Å². The highest BCUT2D eigenvalue weighted by Crippen LogP contribution is 2.29. The Bertz CT molecular complexity index is 697. The van der Waals surface area contributed by atoms with Crippen molar-refractivity contribution in [2.45, 2.75) is 26.2 Å². The third-order valence-electron chi connectivity index (χ3n) is 3.93. The summed E-state index contributed by atoms with van der Waals surface area (Å²) in [6, 6.07) is 13.6. The maximum atomic E-state index is 12.1. The maximum absolute atomic E-state index is 12.1. The summed E-state index contributed by atoms with van der Waals surface area (Å²) in [6.07, 6.45) is 0.375. The van der Waals surface area contributed by atoms with Gasteiger partial charge in [0.05, 0.1) is 14.2 Å². The van der Waals surface area contributed by atoms with Gasteiger partial charge in [-0.2, -0.15) is 0 Å². The largest absolute Gasteiger partial charge is 0.493 e. The number of hydrogen-bond acceptors (Lipinski definition) is 4. The van der Waals surface area contributed by atoms with E-state index in [-0.39, 0.29) is 5.91 Å². The molecule has 0 aliphatic rings. The molecule has 134 valence electrons. The zero-order valence-electron chi connectivity index (χ0n) is 15.3. The lowest BCUT2D eigenvalue weighted by atomic mass is 10.0. The molecule has 5 heteroatoms. The Morgan fingerprint density at radius 2 is 1.60 bits per heavy atom. The van der Waals surface area contributed by atoms with Crippen LogP contribution in [0.15, 0.2) is 42.5 Å². The molecule has 0 fully saturated rings. The van der Waals surface area contributed by atoms with E-state index in [1.165, 1.54) is 5.56 Å². The van der Waals surface area contributed by atoms with Crippen LogP contribution in [0.2, 0.25) is 0 Å². The third-order valence-corrected chi connectivity index (χ3v) is 3.93. The molecule has 0 saturated carbocycles. The standard InChI is InChI=1S/C20H26N2O3/c1-14(2)15-5-7-16(8-6-15)21-12-11-20(23)22-17-9-10-18(24-3)19(13-17)25-4/h5-10,13-14,21H,11-12H2,1-4H3,(H,22,23). The highest BCUT2D eigenvalue weighted by Gasteiger charge is 2.07. The Morgan fingerprint density at radius 3 is 2.20 bits per heavy atom. The summed E-state index contributed by atoms with van der Waals surface area (Å²) in [6.45, 7) is 4.90. The van der Waals surface area contributed by atoms with Crippen molar-refractivity contribution < 1.29 is 14.3 Å². The van der Waals surface area contributed by atoms with Crippen LogP contribution < -0.4 is 20.1 Å². The van der Waals surface area contributed by atoms with Gasteiger partial charge in [0.25, 0.3) is 0 Å². The molecule has 0 heterocycles. The number of rotatable bonds is 8. The number of anilines is 2. The minimum Gasteiger partial charge on any atom is -0.493 e. The number of hydrogen-bond donors (Lipinski definition) is 2. The molecule has 0 aliphatic carbocycles. The Morgan fingerprint density at radius 1 is 0.960 bits per heavy atom. The van der Waals surface area contributed by atoms with Gasteiger partial charge >= 0.3 is 0 Å². The first-order valence-electron chi connectivity index (χ1n) is 8.39. The summed E-state index contributed by atoms with van der Waals surface area (Å²) in [4.78, 5) is 12.1. The lowest BCUT2D eigenvalue weighted by Crippen LogP contribution is -2.16. The van der Waals surface area contributed by atoms with Crippen LogP contribution in [0.3, 0.4) is 0 Å². The van der Waals surface area contributed by atoms with Crippen LogP contribution in [0, 0.1) is 0 Å². The zero-order chi connectivity index (χ0) is 18.2. The van der Waals surface area contributed by atoms with Gasteiger partial charge in [-0.25, -0.2) is 0 Å². The second-order valence-corrected chi connectivity index (χ2v) is 6.07. The average molecular weight is 342 g/mol. The number of carbonyl (C=O) groups is 1. The smallest absolute Gasteiger partial charge is 0.226 e. The van der Waals surface area contributed by atoms with Crippen molar-refractivity contribution in [3.8, 4) is 11.5 Å². The average Bonchev–Trinajstić information content (AvgIpc) is 2.62. The van der Waals surface area contributed by atoms with Crippen LogP contribution in [0.4, 0.5) is 11.4 Å². The molecule has 25 heavy (non-hydrogen) atoms. The minimum absolute atomic E-state index is 0.0569. The Kier molecular flexibility index (Phi) is 6.69. The summed E-state index contributed by atoms with van der Waals surface area (Å²) >= 11 is 0. The van der Waals surface area contributed by atoms with Crippen LogP contribution in [0.1, 0.15) is 31.7 Å². The summed E-state index contributed by atoms with van der Waals surface area (Å²) < 4.78 is 10.4. The highest BCUT2D eigenvalue weighted by atomic mass is 16.5. The molecule has 1 amide bonds. The molecule has 5 nitrogen and oxygen atoms in total. The van der Waals surface area contributed by atoms with Crippen molar-refractivity contribution in [3.63, 3.8) is 0 Å². The predicted octanol–water partition coefficient (Wildman–Crippen LogP) is 4.27. The zero-order valence-corrected chi connectivity index (χ0v) is 15.3. The van der Waals surface area contributed by atoms with E-state index in [2.05, 4.69) is 36.6 Å². The van der Waals surface area contributed by atoms with Crippen LogP contribution in [0.5, 0.6) is 11.5 Å². The van der Waals surface area contributed by atoms with Gasteiger partial charge in [0.2, 0.25) is 5.91 Å². The Hall–Kier alpha value is -2.69. The van der Waals surface area contributed by atoms with Crippen molar-refractivity contribution >= 4 is 17.3 Å². The van der Waals surface area contributed by atoms with Gasteiger partial charge in [-0.3, -0.25) is 4.79 Å². The predicted molar refractivity (Wildman–Crippen MR) is 102 cm³/mol. The fraction of sp³-hybridized carbons (Fsp3) is 0.350. The van der Waals surface area contributed by atoms with Gasteiger partial charge in [-0.05, 0) is 35.7 Å². The minimum atomic E-state index is -0.0569. The summed E-state index contributed by atoms with van der Waals surface area (Å²) in [5.41, 5.74) is 3.00. The molecule has 2 rings (SSSR count). The SMILES string of the molecule is COc1ccc(NC(=O)CCNc2ccc(C(C)C)cc2)cc1OC. The monoisotopic (exact) mass is 342 g/mol. The van der Waals surface area contributed by atoms with E-state index < -0.39 is 0 Å². The normalized spacial score (nSPS) is 10.4. The Labute approximate surface area is 149 Å². The van der Waals surface area contributed by atoms with Crippen molar-refractivity contribution in [3.05, 3.63) is 48.0 Å². The third kappa shape index (κ3) is 5.41. The van der Waals surface area contributed by atoms with E-state index in [0.717, 1.165) is 5.69 Å². The second-order valence-electron chi connectivity index (χ2n) is 6.07. The molecule has 0 bridgehead atoms. The second kappa shape index (κ2) is 8.97. The molecule has 2 N–H and O–H groups in total. The van der Waals surface area contributed by atoms with Crippen LogP contribution >= 0.6 is 0 Å². The molecule has 0 aromatic heterocycles. The quantitative estimate of drug-likeness (QED) is 0.752. The van der Waals surface area contributed by atoms with E-state index in [1.54, 1.807) is 32.4 Å². The number of ether oxygens (including phenoxy) is 2. The molecule has 0 atom stereocenters. The Balaban J connectivity index is 1.82. The first-order chi connectivity index (χ1) is 12.0. The number of benzene rings is 2. The molecule has 2 aromatic carbocycles. The summed E-state index contributed by atoms with van der Waals surface area (Å²) in [7, 11) is 3.15. The number of carbonyl (C=O) groups excluding carboxylic acids is 1. The van der Waals surface area contributed by atoms with E-state index in [4.69, 9.17) is 9.47 Å². The maximum Gasteiger partial charge on any atom is 0.226 e. The van der Waals surface area contributed by atoms with E-state index in [0.29, 0.717) is 36.1 Å². The van der Waals surface area contributed by atoms with E-state index in [9.17, 15) is 4.79 Å². The lowest BCUT2D eigenvalue weighted by molar-refractivity contribution is -0.115. The van der Waals surface area contributed by atoms with Crippen molar-refractivity contribution in [1.82, 2.24) is 0 Å². The van der Waals surface area contributed by atoms with E-state index >= 15 is 0 Å².